The average Bonchev–Trinajstić information content (AvgIpc) is 3.44. The van der Waals surface area contributed by atoms with Crippen LogP contribution in [0, 0.1) is 0 Å². The summed E-state index contributed by atoms with van der Waals surface area (Å²) in [4.78, 5) is 40.7. The van der Waals surface area contributed by atoms with Gasteiger partial charge in [-0.15, -0.1) is 0 Å². The van der Waals surface area contributed by atoms with Crippen LogP contribution in [0.3, 0.4) is 0 Å². The lowest BCUT2D eigenvalue weighted by Crippen LogP contribution is -2.23. The Kier molecular flexibility index (Phi) is 6.11. The van der Waals surface area contributed by atoms with Gasteiger partial charge in [0, 0.05) is 5.69 Å². The number of rotatable bonds is 8. The number of ether oxygens (including phenoxy) is 1. The highest BCUT2D eigenvalue weighted by atomic mass is 32.2. The van der Waals surface area contributed by atoms with Gasteiger partial charge >= 0.3 is 11.7 Å². The molecule has 2 aromatic heterocycles. The third-order valence-electron chi connectivity index (χ3n) is 4.55. The van der Waals surface area contributed by atoms with Crippen LogP contribution in [0.15, 0.2) is 75.0 Å². The normalized spacial score (nSPS) is 11.4. The van der Waals surface area contributed by atoms with Crippen LogP contribution in [0.4, 0.5) is 5.69 Å². The standard InChI is InChI=1S/C21H18N4O7S/c26-19(23-14-5-8-17-18(10-14)25-21(28)24-17)12-32-20(27)13-3-6-16(7-4-13)33(29,30)22-11-15-2-1-9-31-15/h1-10,22H,11-12H2,(H,23,26)(H2,24,25,28). The lowest BCUT2D eigenvalue weighted by Gasteiger charge is -2.08. The maximum atomic E-state index is 12.3. The minimum atomic E-state index is -3.80. The number of fused-ring (bicyclic) bond motifs is 1. The number of hydrogen-bond acceptors (Lipinski definition) is 7. The van der Waals surface area contributed by atoms with Gasteiger partial charge in [0.2, 0.25) is 10.0 Å². The van der Waals surface area contributed by atoms with E-state index in [4.69, 9.17) is 9.15 Å². The lowest BCUT2D eigenvalue weighted by molar-refractivity contribution is -0.119. The predicted octanol–water partition coefficient (Wildman–Crippen LogP) is 1.72. The molecule has 4 aromatic rings. The summed E-state index contributed by atoms with van der Waals surface area (Å²) in [7, 11) is -3.80. The van der Waals surface area contributed by atoms with E-state index in [2.05, 4.69) is 20.0 Å². The number of H-pyrrole nitrogens is 2. The van der Waals surface area contributed by atoms with Gasteiger partial charge in [-0.1, -0.05) is 0 Å². The molecule has 11 nitrogen and oxygen atoms in total. The van der Waals surface area contributed by atoms with Crippen molar-refractivity contribution in [1.29, 1.82) is 0 Å². The van der Waals surface area contributed by atoms with Gasteiger partial charge in [0.25, 0.3) is 5.91 Å². The molecular formula is C21H18N4O7S. The number of nitrogens with one attached hydrogen (secondary N) is 4. The van der Waals surface area contributed by atoms with Crippen molar-refractivity contribution in [3.05, 3.63) is 82.7 Å². The zero-order valence-corrected chi connectivity index (χ0v) is 17.8. The Morgan fingerprint density at radius 3 is 2.48 bits per heavy atom. The van der Waals surface area contributed by atoms with Crippen LogP contribution in [0.2, 0.25) is 0 Å². The molecule has 12 heteroatoms. The number of esters is 1. The quantitative estimate of drug-likeness (QED) is 0.285. The first-order chi connectivity index (χ1) is 15.8. The third kappa shape index (κ3) is 5.37. The number of aromatic nitrogens is 2. The Labute approximate surface area is 186 Å². The molecule has 0 saturated heterocycles. The molecule has 2 aromatic carbocycles. The Hall–Kier alpha value is -4.16. The minimum Gasteiger partial charge on any atom is -0.468 e. The second-order valence-electron chi connectivity index (χ2n) is 6.89. The molecule has 0 atom stereocenters. The van der Waals surface area contributed by atoms with Crippen LogP contribution in [-0.2, 0) is 26.1 Å². The summed E-state index contributed by atoms with van der Waals surface area (Å²) in [6.45, 7) is -0.563. The number of furan rings is 1. The SMILES string of the molecule is O=C(COC(=O)c1ccc(S(=O)(=O)NCc2ccco2)cc1)Nc1ccc2[nH]c(=O)[nH]c2c1. The van der Waals surface area contributed by atoms with Crippen molar-refractivity contribution in [3.63, 3.8) is 0 Å². The van der Waals surface area contributed by atoms with Crippen molar-refractivity contribution < 1.29 is 27.2 Å². The number of benzene rings is 2. The largest absolute Gasteiger partial charge is 0.468 e. The van der Waals surface area contributed by atoms with E-state index in [1.54, 1.807) is 30.3 Å². The Morgan fingerprint density at radius 1 is 1.00 bits per heavy atom. The van der Waals surface area contributed by atoms with Crippen molar-refractivity contribution in [2.45, 2.75) is 11.4 Å². The van der Waals surface area contributed by atoms with Crippen LogP contribution in [-0.4, -0.2) is 36.9 Å². The fourth-order valence-corrected chi connectivity index (χ4v) is 3.95. The van der Waals surface area contributed by atoms with Gasteiger partial charge in [0.15, 0.2) is 6.61 Å². The molecule has 170 valence electrons. The summed E-state index contributed by atoms with van der Waals surface area (Å²) in [5.74, 6) is -0.914. The number of sulfonamides is 1. The van der Waals surface area contributed by atoms with Gasteiger partial charge in [0.05, 0.1) is 34.3 Å². The zero-order valence-electron chi connectivity index (χ0n) is 17.0. The fourth-order valence-electron chi connectivity index (χ4n) is 2.95. The van der Waals surface area contributed by atoms with Crippen LogP contribution in [0.25, 0.3) is 11.0 Å². The molecule has 0 saturated carbocycles. The Balaban J connectivity index is 1.31. The molecule has 0 aliphatic heterocycles. The number of anilines is 1. The number of hydrogen-bond donors (Lipinski definition) is 4. The van der Waals surface area contributed by atoms with E-state index in [0.717, 1.165) is 0 Å². The first kappa shape index (κ1) is 22.0. The number of aromatic amines is 2. The highest BCUT2D eigenvalue weighted by Crippen LogP contribution is 2.15. The zero-order chi connectivity index (χ0) is 23.4. The van der Waals surface area contributed by atoms with Gasteiger partial charge in [-0.05, 0) is 54.6 Å². The first-order valence-corrected chi connectivity index (χ1v) is 11.1. The second-order valence-corrected chi connectivity index (χ2v) is 8.66. The summed E-state index contributed by atoms with van der Waals surface area (Å²) in [6.07, 6.45) is 1.44. The van der Waals surface area contributed by atoms with Gasteiger partial charge < -0.3 is 24.4 Å². The molecule has 0 aliphatic carbocycles. The highest BCUT2D eigenvalue weighted by molar-refractivity contribution is 7.89. The third-order valence-corrected chi connectivity index (χ3v) is 5.97. The van der Waals surface area contributed by atoms with E-state index in [0.29, 0.717) is 22.5 Å². The summed E-state index contributed by atoms with van der Waals surface area (Å²) < 4.78 is 37.1. The van der Waals surface area contributed by atoms with Gasteiger partial charge in [-0.2, -0.15) is 0 Å². The van der Waals surface area contributed by atoms with E-state index >= 15 is 0 Å². The molecule has 33 heavy (non-hydrogen) atoms. The van der Waals surface area contributed by atoms with Crippen LogP contribution in [0.1, 0.15) is 16.1 Å². The molecule has 1 amide bonds. The molecule has 4 N–H and O–H groups in total. The van der Waals surface area contributed by atoms with Crippen molar-refractivity contribution in [3.8, 4) is 0 Å². The summed E-state index contributed by atoms with van der Waals surface area (Å²) in [5, 5.41) is 2.56. The summed E-state index contributed by atoms with van der Waals surface area (Å²) >= 11 is 0. The first-order valence-electron chi connectivity index (χ1n) is 9.61. The van der Waals surface area contributed by atoms with E-state index in [1.165, 1.54) is 30.5 Å². The molecule has 0 radical (unpaired) electrons. The van der Waals surface area contributed by atoms with Crippen molar-refractivity contribution in [2.24, 2.45) is 0 Å². The molecule has 0 fully saturated rings. The number of carbonyl (C=O) groups excluding carboxylic acids is 2. The van der Waals surface area contributed by atoms with Crippen LogP contribution >= 0.6 is 0 Å². The summed E-state index contributed by atoms with van der Waals surface area (Å²) in [6, 6.07) is 13.1. The van der Waals surface area contributed by atoms with Crippen molar-refractivity contribution >= 4 is 38.6 Å². The maximum Gasteiger partial charge on any atom is 0.338 e. The molecular weight excluding hydrogens is 452 g/mol. The number of imidazole rings is 1. The van der Waals surface area contributed by atoms with Gasteiger partial charge in [0.1, 0.15) is 5.76 Å². The smallest absolute Gasteiger partial charge is 0.338 e. The number of carbonyl (C=O) groups is 2. The fraction of sp³-hybridized carbons (Fsp3) is 0.0952. The van der Waals surface area contributed by atoms with E-state index in [1.807, 2.05) is 0 Å². The average molecular weight is 470 g/mol. The summed E-state index contributed by atoms with van der Waals surface area (Å²) in [5.41, 5.74) is 1.23. The molecule has 0 unspecified atom stereocenters. The van der Waals surface area contributed by atoms with Crippen LogP contribution in [0.5, 0.6) is 0 Å². The molecule has 0 spiro atoms. The molecule has 2 heterocycles. The van der Waals surface area contributed by atoms with Gasteiger partial charge in [-0.25, -0.2) is 22.7 Å². The number of amides is 1. The minimum absolute atomic E-state index is 0.0126. The maximum absolute atomic E-state index is 12.3. The molecule has 4 rings (SSSR count). The van der Waals surface area contributed by atoms with Crippen LogP contribution < -0.4 is 15.7 Å². The van der Waals surface area contributed by atoms with Gasteiger partial charge in [-0.3, -0.25) is 4.79 Å². The molecule has 0 aliphatic rings. The van der Waals surface area contributed by atoms with Crippen molar-refractivity contribution in [2.75, 3.05) is 11.9 Å². The highest BCUT2D eigenvalue weighted by Gasteiger charge is 2.16. The Morgan fingerprint density at radius 2 is 1.76 bits per heavy atom. The lowest BCUT2D eigenvalue weighted by atomic mass is 10.2. The molecule has 0 bridgehead atoms. The Bertz CT molecular complexity index is 1450. The van der Waals surface area contributed by atoms with E-state index in [9.17, 15) is 22.8 Å². The van der Waals surface area contributed by atoms with Crippen molar-refractivity contribution in [1.82, 2.24) is 14.7 Å². The van der Waals surface area contributed by atoms with E-state index < -0.39 is 28.5 Å². The van der Waals surface area contributed by atoms with E-state index in [-0.39, 0.29) is 22.7 Å². The topological polar surface area (TPSA) is 163 Å². The second kappa shape index (κ2) is 9.14. The predicted molar refractivity (Wildman–Crippen MR) is 117 cm³/mol. The monoisotopic (exact) mass is 470 g/mol.